The third-order valence-corrected chi connectivity index (χ3v) is 5.17. The average molecular weight is 390 g/mol. The molecule has 7 nitrogen and oxygen atoms in total. The summed E-state index contributed by atoms with van der Waals surface area (Å²) in [7, 11) is 1.71. The van der Waals surface area contributed by atoms with Crippen molar-refractivity contribution in [3.05, 3.63) is 60.3 Å². The molecule has 7 heteroatoms. The van der Waals surface area contributed by atoms with E-state index < -0.39 is 0 Å². The number of nitrogens with zero attached hydrogens (tertiary/aromatic N) is 5. The topological polar surface area (TPSA) is 66.4 Å². The third-order valence-electron chi connectivity index (χ3n) is 5.17. The number of para-hydroxylation sites is 2. The maximum Gasteiger partial charge on any atom is 0.247 e. The van der Waals surface area contributed by atoms with Crippen LogP contribution in [0.2, 0.25) is 0 Å². The summed E-state index contributed by atoms with van der Waals surface area (Å²) in [6.07, 6.45) is 2.68. The van der Waals surface area contributed by atoms with Crippen molar-refractivity contribution in [2.24, 2.45) is 0 Å². The summed E-state index contributed by atoms with van der Waals surface area (Å²) in [5.41, 5.74) is 3.43. The molecule has 2 heterocycles. The SMILES string of the molecule is CCc1ccc(Nc2cnnc(N3CCN(c4ccccc4OC)CC3)n2)cc1. The molecule has 1 aromatic heterocycles. The van der Waals surface area contributed by atoms with Gasteiger partial charge >= 0.3 is 0 Å². The van der Waals surface area contributed by atoms with Crippen LogP contribution in [0.25, 0.3) is 0 Å². The molecule has 4 rings (SSSR count). The third kappa shape index (κ3) is 4.39. The van der Waals surface area contributed by atoms with Crippen LogP contribution in [0, 0.1) is 0 Å². The lowest BCUT2D eigenvalue weighted by molar-refractivity contribution is 0.413. The van der Waals surface area contributed by atoms with Crippen LogP contribution in [0.5, 0.6) is 5.75 Å². The number of ether oxygens (including phenoxy) is 1. The van der Waals surface area contributed by atoms with Crippen LogP contribution in [0.15, 0.2) is 54.7 Å². The largest absolute Gasteiger partial charge is 0.495 e. The Kier molecular flexibility index (Phi) is 5.74. The van der Waals surface area contributed by atoms with Crippen LogP contribution in [0.1, 0.15) is 12.5 Å². The second-order valence-corrected chi connectivity index (χ2v) is 6.96. The van der Waals surface area contributed by atoms with Gasteiger partial charge in [-0.25, -0.2) is 0 Å². The van der Waals surface area contributed by atoms with Crippen molar-refractivity contribution in [1.29, 1.82) is 0 Å². The quantitative estimate of drug-likeness (QED) is 0.691. The monoisotopic (exact) mass is 390 g/mol. The molecule has 1 saturated heterocycles. The summed E-state index contributed by atoms with van der Waals surface area (Å²) in [4.78, 5) is 9.17. The van der Waals surface area contributed by atoms with Crippen LogP contribution in [0.4, 0.5) is 23.1 Å². The van der Waals surface area contributed by atoms with Crippen molar-refractivity contribution in [3.8, 4) is 5.75 Å². The molecule has 1 aliphatic rings. The molecule has 0 aliphatic carbocycles. The summed E-state index contributed by atoms with van der Waals surface area (Å²) in [5, 5.41) is 11.7. The number of aryl methyl sites for hydroxylation is 1. The van der Waals surface area contributed by atoms with Crippen molar-refractivity contribution in [2.45, 2.75) is 13.3 Å². The van der Waals surface area contributed by atoms with Gasteiger partial charge in [-0.15, -0.1) is 5.10 Å². The predicted molar refractivity (Wildman–Crippen MR) is 116 cm³/mol. The van der Waals surface area contributed by atoms with E-state index in [0.717, 1.165) is 49.7 Å². The molecule has 1 N–H and O–H groups in total. The van der Waals surface area contributed by atoms with Gasteiger partial charge < -0.3 is 19.9 Å². The molecular weight excluding hydrogens is 364 g/mol. The Hall–Kier alpha value is -3.35. The fourth-order valence-corrected chi connectivity index (χ4v) is 3.50. The van der Waals surface area contributed by atoms with Gasteiger partial charge in [0.25, 0.3) is 0 Å². The number of rotatable bonds is 6. The number of nitrogens with one attached hydrogen (secondary N) is 1. The first-order valence-corrected chi connectivity index (χ1v) is 9.95. The standard InChI is InChI=1S/C22H26N6O/c1-3-17-8-10-18(11-9-17)24-21-16-23-26-22(25-21)28-14-12-27(13-15-28)19-6-4-5-7-20(19)29-2/h4-11,16H,3,12-15H2,1-2H3,(H,24,25,26). The van der Waals surface area contributed by atoms with Gasteiger partial charge in [0.2, 0.25) is 5.95 Å². The first kappa shape index (κ1) is 19.0. The van der Waals surface area contributed by atoms with E-state index in [2.05, 4.69) is 67.6 Å². The molecular formula is C22H26N6O. The Labute approximate surface area is 171 Å². The van der Waals surface area contributed by atoms with Gasteiger partial charge in [-0.3, -0.25) is 0 Å². The molecule has 0 bridgehead atoms. The van der Waals surface area contributed by atoms with Gasteiger partial charge in [0, 0.05) is 31.9 Å². The first-order chi connectivity index (χ1) is 14.3. The van der Waals surface area contributed by atoms with E-state index in [9.17, 15) is 0 Å². The lowest BCUT2D eigenvalue weighted by Gasteiger charge is -2.36. The zero-order valence-corrected chi connectivity index (χ0v) is 16.9. The number of hydrogen-bond acceptors (Lipinski definition) is 7. The molecule has 0 unspecified atom stereocenters. The Morgan fingerprint density at radius 2 is 1.69 bits per heavy atom. The van der Waals surface area contributed by atoms with E-state index >= 15 is 0 Å². The van der Waals surface area contributed by atoms with E-state index in [1.54, 1.807) is 13.3 Å². The van der Waals surface area contributed by atoms with Crippen LogP contribution in [0.3, 0.4) is 0 Å². The first-order valence-electron chi connectivity index (χ1n) is 9.95. The normalized spacial score (nSPS) is 14.0. The van der Waals surface area contributed by atoms with Crippen LogP contribution >= 0.6 is 0 Å². The van der Waals surface area contributed by atoms with Crippen molar-refractivity contribution in [2.75, 3.05) is 48.4 Å². The van der Waals surface area contributed by atoms with E-state index in [1.807, 2.05) is 18.2 Å². The van der Waals surface area contributed by atoms with E-state index in [0.29, 0.717) is 11.8 Å². The number of piperazine rings is 1. The summed E-state index contributed by atoms with van der Waals surface area (Å²) < 4.78 is 5.50. The zero-order chi connectivity index (χ0) is 20.1. The molecule has 150 valence electrons. The van der Waals surface area contributed by atoms with Gasteiger partial charge in [-0.05, 0) is 36.2 Å². The van der Waals surface area contributed by atoms with Gasteiger partial charge in [0.15, 0.2) is 5.82 Å². The highest BCUT2D eigenvalue weighted by molar-refractivity contribution is 5.60. The van der Waals surface area contributed by atoms with Crippen LogP contribution in [-0.4, -0.2) is 48.5 Å². The Balaban J connectivity index is 1.41. The summed E-state index contributed by atoms with van der Waals surface area (Å²) in [6, 6.07) is 16.5. The Morgan fingerprint density at radius 3 is 2.41 bits per heavy atom. The molecule has 0 radical (unpaired) electrons. The molecule has 29 heavy (non-hydrogen) atoms. The van der Waals surface area contributed by atoms with Gasteiger partial charge in [-0.2, -0.15) is 10.1 Å². The maximum atomic E-state index is 5.50. The lowest BCUT2D eigenvalue weighted by atomic mass is 10.1. The smallest absolute Gasteiger partial charge is 0.247 e. The van der Waals surface area contributed by atoms with Crippen LogP contribution < -0.4 is 19.9 Å². The van der Waals surface area contributed by atoms with E-state index in [4.69, 9.17) is 4.74 Å². The summed E-state index contributed by atoms with van der Waals surface area (Å²) >= 11 is 0. The molecule has 0 saturated carbocycles. The molecule has 1 aliphatic heterocycles. The molecule has 2 aromatic carbocycles. The molecule has 3 aromatic rings. The van der Waals surface area contributed by atoms with Gasteiger partial charge in [-0.1, -0.05) is 31.2 Å². The second kappa shape index (κ2) is 8.77. The van der Waals surface area contributed by atoms with Crippen molar-refractivity contribution < 1.29 is 4.74 Å². The number of hydrogen-bond donors (Lipinski definition) is 1. The number of anilines is 4. The Bertz CT molecular complexity index is 938. The van der Waals surface area contributed by atoms with E-state index in [1.165, 1.54) is 5.56 Å². The minimum atomic E-state index is 0.653. The zero-order valence-electron chi connectivity index (χ0n) is 16.9. The molecule has 0 atom stereocenters. The molecule has 0 amide bonds. The van der Waals surface area contributed by atoms with Crippen LogP contribution in [-0.2, 0) is 6.42 Å². The lowest BCUT2D eigenvalue weighted by Crippen LogP contribution is -2.47. The highest BCUT2D eigenvalue weighted by atomic mass is 16.5. The minimum Gasteiger partial charge on any atom is -0.495 e. The average Bonchev–Trinajstić information content (AvgIpc) is 2.80. The van der Waals surface area contributed by atoms with E-state index in [-0.39, 0.29) is 0 Å². The second-order valence-electron chi connectivity index (χ2n) is 6.96. The molecule has 0 spiro atoms. The molecule has 1 fully saturated rings. The fraction of sp³-hybridized carbons (Fsp3) is 0.318. The van der Waals surface area contributed by atoms with Crippen molar-refractivity contribution in [3.63, 3.8) is 0 Å². The van der Waals surface area contributed by atoms with Crippen molar-refractivity contribution in [1.82, 2.24) is 15.2 Å². The summed E-state index contributed by atoms with van der Waals surface area (Å²) in [6.45, 7) is 5.55. The Morgan fingerprint density at radius 1 is 0.966 bits per heavy atom. The summed E-state index contributed by atoms with van der Waals surface area (Å²) in [5.74, 6) is 2.26. The van der Waals surface area contributed by atoms with Gasteiger partial charge in [0.1, 0.15) is 5.75 Å². The maximum absolute atomic E-state index is 5.50. The van der Waals surface area contributed by atoms with Gasteiger partial charge in [0.05, 0.1) is 19.0 Å². The highest BCUT2D eigenvalue weighted by Gasteiger charge is 2.21. The minimum absolute atomic E-state index is 0.653. The van der Waals surface area contributed by atoms with Crippen molar-refractivity contribution >= 4 is 23.1 Å². The fourth-order valence-electron chi connectivity index (χ4n) is 3.50. The highest BCUT2D eigenvalue weighted by Crippen LogP contribution is 2.28. The number of benzene rings is 2. The number of aromatic nitrogens is 3. The predicted octanol–water partition coefficient (Wildman–Crippen LogP) is 3.51. The number of methoxy groups -OCH3 is 1.